The lowest BCUT2D eigenvalue weighted by Crippen LogP contribution is -2.08. The van der Waals surface area contributed by atoms with Crippen LogP contribution in [0.4, 0.5) is 8.78 Å². The standard InChI is InChI=1S/C13H12F2N2O3S2/c1-7-6-9(17-13(16-7)21-3)11-10(22(18,19)20-2)5-4-8(14)12(11)15/h4-6H,1-3H3. The third kappa shape index (κ3) is 3.11. The number of aryl methyl sites for hydroxylation is 1. The molecule has 1 heterocycles. The van der Waals surface area contributed by atoms with Crippen molar-refractivity contribution in [1.29, 1.82) is 0 Å². The van der Waals surface area contributed by atoms with E-state index < -0.39 is 32.2 Å². The molecule has 0 N–H and O–H groups in total. The third-order valence-electron chi connectivity index (χ3n) is 2.82. The summed E-state index contributed by atoms with van der Waals surface area (Å²) in [5, 5.41) is 0.319. The van der Waals surface area contributed by atoms with Crippen LogP contribution in [0.3, 0.4) is 0 Å². The quantitative estimate of drug-likeness (QED) is 0.482. The first-order valence-corrected chi connectivity index (χ1v) is 8.62. The number of hydrogen-bond acceptors (Lipinski definition) is 6. The third-order valence-corrected chi connectivity index (χ3v) is 4.68. The van der Waals surface area contributed by atoms with Crippen molar-refractivity contribution < 1.29 is 21.4 Å². The summed E-state index contributed by atoms with van der Waals surface area (Å²) in [5.41, 5.74) is 0.00546. The summed E-state index contributed by atoms with van der Waals surface area (Å²) < 4.78 is 56.1. The Kier molecular flexibility index (Phi) is 4.78. The highest BCUT2D eigenvalue weighted by molar-refractivity contribution is 7.98. The molecule has 5 nitrogen and oxygen atoms in total. The Morgan fingerprint density at radius 2 is 1.91 bits per heavy atom. The minimum absolute atomic E-state index is 0.0236. The van der Waals surface area contributed by atoms with Gasteiger partial charge < -0.3 is 0 Å². The predicted molar refractivity (Wildman–Crippen MR) is 78.1 cm³/mol. The molecule has 0 fully saturated rings. The topological polar surface area (TPSA) is 69.2 Å². The zero-order valence-electron chi connectivity index (χ0n) is 11.9. The van der Waals surface area contributed by atoms with Crippen molar-refractivity contribution in [3.8, 4) is 11.3 Å². The molecule has 2 aromatic rings. The minimum atomic E-state index is -4.22. The minimum Gasteiger partial charge on any atom is -0.270 e. The second kappa shape index (κ2) is 6.27. The van der Waals surface area contributed by atoms with Crippen LogP contribution < -0.4 is 0 Å². The van der Waals surface area contributed by atoms with Crippen LogP contribution in [-0.2, 0) is 14.3 Å². The number of rotatable bonds is 4. The van der Waals surface area contributed by atoms with Gasteiger partial charge in [0.05, 0.1) is 18.4 Å². The summed E-state index contributed by atoms with van der Waals surface area (Å²) in [7, 11) is -3.28. The lowest BCUT2D eigenvalue weighted by molar-refractivity contribution is 0.397. The first-order valence-electron chi connectivity index (χ1n) is 5.99. The number of nitrogens with zero attached hydrogens (tertiary/aromatic N) is 2. The molecule has 0 spiro atoms. The summed E-state index contributed by atoms with van der Waals surface area (Å²) in [5.74, 6) is -2.48. The Bertz CT molecular complexity index is 826. The van der Waals surface area contributed by atoms with Gasteiger partial charge in [-0.15, -0.1) is 0 Å². The molecular formula is C13H12F2N2O3S2. The van der Waals surface area contributed by atoms with Crippen molar-refractivity contribution >= 4 is 21.9 Å². The molecule has 0 aliphatic carbocycles. The Balaban J connectivity index is 2.85. The molecule has 0 unspecified atom stereocenters. The number of hydrogen-bond donors (Lipinski definition) is 0. The Morgan fingerprint density at radius 1 is 1.23 bits per heavy atom. The van der Waals surface area contributed by atoms with Crippen LogP contribution in [0.25, 0.3) is 11.3 Å². The maximum Gasteiger partial charge on any atom is 0.297 e. The molecule has 0 aliphatic heterocycles. The van der Waals surface area contributed by atoms with Crippen molar-refractivity contribution in [2.24, 2.45) is 0 Å². The van der Waals surface area contributed by atoms with Gasteiger partial charge in [0, 0.05) is 5.69 Å². The highest BCUT2D eigenvalue weighted by atomic mass is 32.2. The van der Waals surface area contributed by atoms with Crippen molar-refractivity contribution in [2.75, 3.05) is 13.4 Å². The average molecular weight is 346 g/mol. The van der Waals surface area contributed by atoms with E-state index >= 15 is 0 Å². The zero-order chi connectivity index (χ0) is 16.5. The molecule has 0 saturated heterocycles. The molecule has 0 atom stereocenters. The van der Waals surface area contributed by atoms with Gasteiger partial charge in [-0.05, 0) is 31.4 Å². The van der Waals surface area contributed by atoms with Crippen molar-refractivity contribution in [3.63, 3.8) is 0 Å². The number of halogens is 2. The molecule has 22 heavy (non-hydrogen) atoms. The fraction of sp³-hybridized carbons (Fsp3) is 0.231. The fourth-order valence-corrected chi connectivity index (χ4v) is 3.11. The van der Waals surface area contributed by atoms with Gasteiger partial charge in [0.2, 0.25) is 0 Å². The molecule has 0 aliphatic rings. The highest BCUT2D eigenvalue weighted by Crippen LogP contribution is 2.32. The van der Waals surface area contributed by atoms with E-state index in [2.05, 4.69) is 14.2 Å². The van der Waals surface area contributed by atoms with E-state index in [4.69, 9.17) is 0 Å². The Hall–Kier alpha value is -1.58. The molecule has 0 radical (unpaired) electrons. The molecule has 2 rings (SSSR count). The van der Waals surface area contributed by atoms with Gasteiger partial charge >= 0.3 is 0 Å². The monoisotopic (exact) mass is 346 g/mol. The number of thioether (sulfide) groups is 1. The summed E-state index contributed by atoms with van der Waals surface area (Å²) in [6.07, 6.45) is 1.72. The van der Waals surface area contributed by atoms with Crippen molar-refractivity contribution in [2.45, 2.75) is 17.0 Å². The molecule has 9 heteroatoms. The lowest BCUT2D eigenvalue weighted by Gasteiger charge is -2.11. The van der Waals surface area contributed by atoms with Crippen LogP contribution >= 0.6 is 11.8 Å². The summed E-state index contributed by atoms with van der Waals surface area (Å²) in [4.78, 5) is 7.67. The van der Waals surface area contributed by atoms with E-state index in [1.54, 1.807) is 13.2 Å². The van der Waals surface area contributed by atoms with Crippen LogP contribution in [0.15, 0.2) is 28.3 Å². The van der Waals surface area contributed by atoms with E-state index in [0.717, 1.165) is 19.2 Å². The van der Waals surface area contributed by atoms with Gasteiger partial charge in [-0.25, -0.2) is 18.7 Å². The predicted octanol–water partition coefficient (Wildman–Crippen LogP) is 2.79. The van der Waals surface area contributed by atoms with E-state index in [1.165, 1.54) is 17.8 Å². The molecule has 0 amide bonds. The first-order chi connectivity index (χ1) is 10.3. The smallest absolute Gasteiger partial charge is 0.270 e. The molecule has 118 valence electrons. The highest BCUT2D eigenvalue weighted by Gasteiger charge is 2.26. The number of benzene rings is 1. The van der Waals surface area contributed by atoms with Crippen molar-refractivity contribution in [3.05, 3.63) is 35.5 Å². The SMILES string of the molecule is COS(=O)(=O)c1ccc(F)c(F)c1-c1cc(C)nc(SC)n1. The second-order valence-electron chi connectivity index (χ2n) is 4.24. The largest absolute Gasteiger partial charge is 0.297 e. The Labute approximate surface area is 130 Å². The van der Waals surface area contributed by atoms with E-state index in [9.17, 15) is 17.2 Å². The first kappa shape index (κ1) is 16.8. The molecule has 0 bridgehead atoms. The lowest BCUT2D eigenvalue weighted by atomic mass is 10.1. The van der Waals surface area contributed by atoms with Crippen molar-refractivity contribution in [1.82, 2.24) is 9.97 Å². The van der Waals surface area contributed by atoms with Gasteiger partial charge in [-0.2, -0.15) is 8.42 Å². The Morgan fingerprint density at radius 3 is 2.50 bits per heavy atom. The van der Waals surface area contributed by atoms with Crippen LogP contribution in [0.2, 0.25) is 0 Å². The zero-order valence-corrected chi connectivity index (χ0v) is 13.6. The fourth-order valence-electron chi connectivity index (χ4n) is 1.83. The molecular weight excluding hydrogens is 334 g/mol. The van der Waals surface area contributed by atoms with Gasteiger partial charge in [0.25, 0.3) is 10.1 Å². The van der Waals surface area contributed by atoms with Crippen LogP contribution in [0.1, 0.15) is 5.69 Å². The summed E-state index contributed by atoms with van der Waals surface area (Å²) in [6, 6.07) is 3.06. The van der Waals surface area contributed by atoms with Gasteiger partial charge in [-0.1, -0.05) is 11.8 Å². The molecule has 1 aromatic carbocycles. The van der Waals surface area contributed by atoms with Crippen LogP contribution in [-0.4, -0.2) is 31.8 Å². The number of aromatic nitrogens is 2. The van der Waals surface area contributed by atoms with Gasteiger partial charge in [-0.3, -0.25) is 4.18 Å². The normalized spacial score (nSPS) is 11.7. The maximum absolute atomic E-state index is 14.2. The summed E-state index contributed by atoms with van der Waals surface area (Å²) >= 11 is 1.20. The van der Waals surface area contributed by atoms with E-state index in [1.807, 2.05) is 0 Å². The maximum atomic E-state index is 14.2. The average Bonchev–Trinajstić information content (AvgIpc) is 2.48. The van der Waals surface area contributed by atoms with Gasteiger partial charge in [0.15, 0.2) is 16.8 Å². The second-order valence-corrected chi connectivity index (χ2v) is 6.69. The molecule has 1 aromatic heterocycles. The molecule has 0 saturated carbocycles. The van der Waals surface area contributed by atoms with Crippen LogP contribution in [0, 0.1) is 18.6 Å². The van der Waals surface area contributed by atoms with Gasteiger partial charge in [0.1, 0.15) is 4.90 Å². The van der Waals surface area contributed by atoms with E-state index in [-0.39, 0.29) is 5.69 Å². The summed E-state index contributed by atoms with van der Waals surface area (Å²) in [6.45, 7) is 1.65. The van der Waals surface area contributed by atoms with Crippen LogP contribution in [0.5, 0.6) is 0 Å². The van der Waals surface area contributed by atoms with E-state index in [0.29, 0.717) is 10.9 Å².